The Hall–Kier alpha value is -2.92. The normalized spacial score (nSPS) is 11.1. The molecular formula is C24H24N2O2S. The first-order chi connectivity index (χ1) is 14.2. The summed E-state index contributed by atoms with van der Waals surface area (Å²) in [7, 11) is 1.41. The minimum atomic E-state index is -0.316. The maximum Gasteiger partial charge on any atom is 0.338 e. The van der Waals surface area contributed by atoms with E-state index in [-0.39, 0.29) is 5.97 Å². The molecule has 4 nitrogen and oxygen atoms in total. The fourth-order valence-corrected chi connectivity index (χ4v) is 4.44. The van der Waals surface area contributed by atoms with Gasteiger partial charge in [0.2, 0.25) is 0 Å². The average molecular weight is 405 g/mol. The Labute approximate surface area is 174 Å². The maximum atomic E-state index is 12.1. The highest BCUT2D eigenvalue weighted by molar-refractivity contribution is 7.16. The van der Waals surface area contributed by atoms with Crippen molar-refractivity contribution in [1.29, 1.82) is 0 Å². The van der Waals surface area contributed by atoms with Gasteiger partial charge in [0.15, 0.2) is 0 Å². The van der Waals surface area contributed by atoms with Crippen molar-refractivity contribution in [2.24, 2.45) is 0 Å². The number of rotatable bonds is 7. The molecule has 0 N–H and O–H groups in total. The molecule has 0 saturated carbocycles. The molecule has 0 bridgehead atoms. The summed E-state index contributed by atoms with van der Waals surface area (Å²) in [6, 6.07) is 18.1. The maximum absolute atomic E-state index is 12.1. The zero-order valence-corrected chi connectivity index (χ0v) is 17.5. The zero-order valence-electron chi connectivity index (χ0n) is 16.7. The van der Waals surface area contributed by atoms with Gasteiger partial charge in [-0.25, -0.2) is 9.78 Å². The van der Waals surface area contributed by atoms with Crippen LogP contribution >= 0.6 is 11.3 Å². The van der Waals surface area contributed by atoms with Gasteiger partial charge in [-0.05, 0) is 40.6 Å². The number of carbonyl (C=O) groups excluding carboxylic acids is 1. The van der Waals surface area contributed by atoms with Gasteiger partial charge in [0.25, 0.3) is 0 Å². The molecule has 0 aliphatic rings. The van der Waals surface area contributed by atoms with E-state index < -0.39 is 0 Å². The number of hydrogen-bond donors (Lipinski definition) is 0. The van der Waals surface area contributed by atoms with Gasteiger partial charge in [0, 0.05) is 6.42 Å². The quantitative estimate of drug-likeness (QED) is 0.358. The highest BCUT2D eigenvalue weighted by atomic mass is 32.1. The van der Waals surface area contributed by atoms with E-state index in [9.17, 15) is 4.79 Å². The number of benzene rings is 2. The Morgan fingerprint density at radius 1 is 1.10 bits per heavy atom. The number of methoxy groups -OCH3 is 1. The Kier molecular flexibility index (Phi) is 5.76. The van der Waals surface area contributed by atoms with Crippen LogP contribution in [0, 0.1) is 0 Å². The molecule has 0 amide bonds. The van der Waals surface area contributed by atoms with E-state index in [2.05, 4.69) is 47.2 Å². The molecule has 0 saturated heterocycles. The summed E-state index contributed by atoms with van der Waals surface area (Å²) in [6.45, 7) is 3.01. The van der Waals surface area contributed by atoms with Gasteiger partial charge in [-0.15, -0.1) is 11.3 Å². The lowest BCUT2D eigenvalue weighted by Crippen LogP contribution is -2.05. The molecule has 0 aliphatic carbocycles. The molecule has 29 heavy (non-hydrogen) atoms. The van der Waals surface area contributed by atoms with E-state index in [0.29, 0.717) is 5.56 Å². The van der Waals surface area contributed by atoms with Crippen molar-refractivity contribution in [3.8, 4) is 11.1 Å². The highest BCUT2D eigenvalue weighted by Crippen LogP contribution is 2.27. The summed E-state index contributed by atoms with van der Waals surface area (Å²) in [5.41, 5.74) is 4.78. The number of esters is 1. The van der Waals surface area contributed by atoms with Crippen LogP contribution in [-0.2, 0) is 17.7 Å². The summed E-state index contributed by atoms with van der Waals surface area (Å²) in [5, 5.41) is 2.10. The van der Waals surface area contributed by atoms with E-state index in [1.165, 1.54) is 17.5 Å². The van der Waals surface area contributed by atoms with Crippen LogP contribution in [0.25, 0.3) is 21.5 Å². The summed E-state index contributed by atoms with van der Waals surface area (Å²) in [5.74, 6) is 0.845. The lowest BCUT2D eigenvalue weighted by atomic mass is 9.98. The van der Waals surface area contributed by atoms with E-state index in [4.69, 9.17) is 9.72 Å². The number of imidazole rings is 1. The van der Waals surface area contributed by atoms with Crippen LogP contribution in [0.2, 0.25) is 0 Å². The molecule has 0 aliphatic heterocycles. The number of nitrogens with zero attached hydrogens (tertiary/aromatic N) is 2. The van der Waals surface area contributed by atoms with Crippen molar-refractivity contribution < 1.29 is 9.53 Å². The van der Waals surface area contributed by atoms with Crippen molar-refractivity contribution >= 4 is 27.7 Å². The molecule has 0 radical (unpaired) electrons. The molecule has 0 fully saturated rings. The lowest BCUT2D eigenvalue weighted by molar-refractivity contribution is 0.0601. The SMILES string of the molecule is CCCCc1nc2ccsc2n1Cc1ccc(-c2ccccc2C(=O)OC)cc1. The van der Waals surface area contributed by atoms with E-state index >= 15 is 0 Å². The molecule has 4 aromatic rings. The molecule has 0 spiro atoms. The van der Waals surface area contributed by atoms with Crippen molar-refractivity contribution in [2.75, 3.05) is 7.11 Å². The van der Waals surface area contributed by atoms with E-state index in [0.717, 1.165) is 48.3 Å². The Morgan fingerprint density at radius 2 is 1.90 bits per heavy atom. The van der Waals surface area contributed by atoms with Gasteiger partial charge >= 0.3 is 5.97 Å². The van der Waals surface area contributed by atoms with E-state index in [1.807, 2.05) is 18.2 Å². The number of aryl methyl sites for hydroxylation is 1. The zero-order chi connectivity index (χ0) is 20.2. The Bertz CT molecular complexity index is 1130. The minimum absolute atomic E-state index is 0.316. The number of hydrogen-bond acceptors (Lipinski definition) is 4. The van der Waals surface area contributed by atoms with Crippen LogP contribution in [0.3, 0.4) is 0 Å². The molecule has 0 atom stereocenters. The molecule has 4 rings (SSSR count). The fourth-order valence-electron chi connectivity index (χ4n) is 3.58. The van der Waals surface area contributed by atoms with E-state index in [1.54, 1.807) is 17.4 Å². The first kappa shape index (κ1) is 19.4. The molecule has 148 valence electrons. The van der Waals surface area contributed by atoms with Crippen molar-refractivity contribution in [3.63, 3.8) is 0 Å². The van der Waals surface area contributed by atoms with Crippen LogP contribution in [0.1, 0.15) is 41.5 Å². The number of unbranched alkanes of at least 4 members (excludes halogenated alkanes) is 1. The second-order valence-electron chi connectivity index (χ2n) is 7.06. The van der Waals surface area contributed by atoms with Crippen molar-refractivity contribution in [1.82, 2.24) is 9.55 Å². The topological polar surface area (TPSA) is 44.1 Å². The predicted octanol–water partition coefficient (Wildman–Crippen LogP) is 5.94. The molecule has 5 heteroatoms. The van der Waals surface area contributed by atoms with Crippen LogP contribution in [-0.4, -0.2) is 22.6 Å². The molecular weight excluding hydrogens is 380 g/mol. The van der Waals surface area contributed by atoms with Gasteiger partial charge in [-0.3, -0.25) is 0 Å². The standard InChI is InChI=1S/C24H24N2O2S/c1-3-4-9-22-25-21-14-15-29-23(21)26(22)16-17-10-12-18(13-11-17)19-7-5-6-8-20(19)24(27)28-2/h5-8,10-15H,3-4,9,16H2,1-2H3. The third-order valence-electron chi connectivity index (χ3n) is 5.12. The summed E-state index contributed by atoms with van der Waals surface area (Å²) in [4.78, 5) is 18.1. The van der Waals surface area contributed by atoms with Crippen LogP contribution in [0.5, 0.6) is 0 Å². The van der Waals surface area contributed by atoms with Crippen molar-refractivity contribution in [2.45, 2.75) is 32.7 Å². The highest BCUT2D eigenvalue weighted by Gasteiger charge is 2.14. The number of carbonyl (C=O) groups is 1. The van der Waals surface area contributed by atoms with Crippen LogP contribution in [0.15, 0.2) is 60.0 Å². The Balaban J connectivity index is 1.63. The van der Waals surface area contributed by atoms with Gasteiger partial charge in [0.1, 0.15) is 10.7 Å². The lowest BCUT2D eigenvalue weighted by Gasteiger charge is -2.11. The van der Waals surface area contributed by atoms with Gasteiger partial charge in [-0.1, -0.05) is 55.8 Å². The van der Waals surface area contributed by atoms with Gasteiger partial charge in [0.05, 0.1) is 24.7 Å². The minimum Gasteiger partial charge on any atom is -0.465 e. The smallest absolute Gasteiger partial charge is 0.338 e. The van der Waals surface area contributed by atoms with Gasteiger partial charge in [-0.2, -0.15) is 0 Å². The summed E-state index contributed by atoms with van der Waals surface area (Å²) < 4.78 is 7.26. The fraction of sp³-hybridized carbons (Fsp3) is 0.250. The summed E-state index contributed by atoms with van der Waals surface area (Å²) >= 11 is 1.74. The molecule has 2 aromatic heterocycles. The number of aromatic nitrogens is 2. The Morgan fingerprint density at radius 3 is 2.66 bits per heavy atom. The number of ether oxygens (including phenoxy) is 1. The van der Waals surface area contributed by atoms with Gasteiger partial charge < -0.3 is 9.30 Å². The number of fused-ring (bicyclic) bond motifs is 1. The molecule has 2 heterocycles. The van der Waals surface area contributed by atoms with Crippen molar-refractivity contribution in [3.05, 3.63) is 76.9 Å². The third-order valence-corrected chi connectivity index (χ3v) is 6.05. The van der Waals surface area contributed by atoms with Crippen LogP contribution < -0.4 is 0 Å². The monoisotopic (exact) mass is 404 g/mol. The second-order valence-corrected chi connectivity index (χ2v) is 7.96. The molecule has 0 unspecified atom stereocenters. The number of thiophene rings is 1. The average Bonchev–Trinajstić information content (AvgIpc) is 3.34. The molecule has 2 aromatic carbocycles. The second kappa shape index (κ2) is 8.62. The first-order valence-corrected chi connectivity index (χ1v) is 10.8. The predicted molar refractivity (Wildman–Crippen MR) is 119 cm³/mol. The third kappa shape index (κ3) is 3.96. The largest absolute Gasteiger partial charge is 0.465 e. The first-order valence-electron chi connectivity index (χ1n) is 9.90. The van der Waals surface area contributed by atoms with Crippen LogP contribution in [0.4, 0.5) is 0 Å². The summed E-state index contributed by atoms with van der Waals surface area (Å²) in [6.07, 6.45) is 3.31.